The first kappa shape index (κ1) is 31.0. The van der Waals surface area contributed by atoms with Crippen molar-refractivity contribution in [3.05, 3.63) is 89.4 Å². The van der Waals surface area contributed by atoms with Crippen molar-refractivity contribution in [1.29, 1.82) is 0 Å². The highest BCUT2D eigenvalue weighted by Gasteiger charge is 2.32. The number of carbonyl (C=O) groups excluding carboxylic acids is 2. The Morgan fingerprint density at radius 1 is 1.00 bits per heavy atom. The van der Waals surface area contributed by atoms with Crippen LogP contribution in [0.25, 0.3) is 0 Å². The van der Waals surface area contributed by atoms with Crippen LogP contribution in [-0.4, -0.2) is 57.9 Å². The number of methoxy groups -OCH3 is 1. The Kier molecular flexibility index (Phi) is 11.4. The van der Waals surface area contributed by atoms with Gasteiger partial charge in [0, 0.05) is 13.1 Å². The molecule has 8 nitrogen and oxygen atoms in total. The minimum absolute atomic E-state index is 0.0240. The molecule has 0 saturated heterocycles. The number of benzene rings is 3. The first-order valence-corrected chi connectivity index (χ1v) is 15.0. The Bertz CT molecular complexity index is 1370. The van der Waals surface area contributed by atoms with E-state index in [1.807, 2.05) is 37.3 Å². The van der Waals surface area contributed by atoms with E-state index in [9.17, 15) is 18.0 Å². The monoisotopic (exact) mass is 585 g/mol. The average Bonchev–Trinajstić information content (AvgIpc) is 2.96. The van der Waals surface area contributed by atoms with Crippen molar-refractivity contribution in [3.8, 4) is 5.75 Å². The van der Waals surface area contributed by atoms with E-state index >= 15 is 0 Å². The fourth-order valence-corrected chi connectivity index (χ4v) is 5.84. The third kappa shape index (κ3) is 7.99. The maximum atomic E-state index is 13.9. The van der Waals surface area contributed by atoms with Gasteiger partial charge in [0.05, 0.1) is 22.7 Å². The number of hydrogen-bond acceptors (Lipinski definition) is 5. The third-order valence-electron chi connectivity index (χ3n) is 6.51. The normalized spacial score (nSPS) is 11.9. The van der Waals surface area contributed by atoms with Gasteiger partial charge in [0.15, 0.2) is 0 Å². The number of nitrogens with one attached hydrogen (secondary N) is 1. The molecule has 0 aromatic heterocycles. The molecular formula is C30H36ClN3O5S. The number of halogens is 1. The first-order chi connectivity index (χ1) is 19.2. The van der Waals surface area contributed by atoms with E-state index in [0.717, 1.165) is 22.7 Å². The molecule has 0 fully saturated rings. The summed E-state index contributed by atoms with van der Waals surface area (Å²) in [6.45, 7) is 3.89. The average molecular weight is 586 g/mol. The van der Waals surface area contributed by atoms with Crippen LogP contribution in [0.15, 0.2) is 83.8 Å². The molecule has 0 spiro atoms. The quantitative estimate of drug-likeness (QED) is 0.271. The van der Waals surface area contributed by atoms with Gasteiger partial charge in [-0.2, -0.15) is 0 Å². The van der Waals surface area contributed by atoms with Crippen LogP contribution in [0.5, 0.6) is 5.75 Å². The number of rotatable bonds is 14. The van der Waals surface area contributed by atoms with Crippen LogP contribution in [0.3, 0.4) is 0 Å². The predicted molar refractivity (Wildman–Crippen MR) is 158 cm³/mol. The summed E-state index contributed by atoms with van der Waals surface area (Å²) in [5.41, 5.74) is 1.20. The molecule has 2 amide bonds. The Hall–Kier alpha value is -3.56. The lowest BCUT2D eigenvalue weighted by atomic mass is 10.1. The smallest absolute Gasteiger partial charge is 0.264 e. The van der Waals surface area contributed by atoms with Gasteiger partial charge in [-0.25, -0.2) is 8.42 Å². The third-order valence-corrected chi connectivity index (χ3v) is 8.60. The fraction of sp³-hybridized carbons (Fsp3) is 0.333. The van der Waals surface area contributed by atoms with E-state index in [1.165, 1.54) is 36.3 Å². The zero-order chi connectivity index (χ0) is 29.1. The summed E-state index contributed by atoms with van der Waals surface area (Å²) >= 11 is 6.34. The van der Waals surface area contributed by atoms with Crippen LogP contribution in [-0.2, 0) is 26.0 Å². The number of amides is 2. The highest BCUT2D eigenvalue weighted by Crippen LogP contribution is 2.32. The molecule has 3 aromatic rings. The van der Waals surface area contributed by atoms with Crippen LogP contribution < -0.4 is 14.4 Å². The van der Waals surface area contributed by atoms with Gasteiger partial charge in [-0.15, -0.1) is 0 Å². The molecule has 0 aliphatic carbocycles. The molecule has 3 aromatic carbocycles. The molecule has 0 saturated carbocycles. The molecule has 0 aliphatic heterocycles. The highest BCUT2D eigenvalue weighted by atomic mass is 35.5. The summed E-state index contributed by atoms with van der Waals surface area (Å²) < 4.78 is 33.9. The molecule has 40 heavy (non-hydrogen) atoms. The minimum atomic E-state index is -4.16. The lowest BCUT2D eigenvalue weighted by molar-refractivity contribution is -0.138. The van der Waals surface area contributed by atoms with Gasteiger partial charge in [-0.05, 0) is 55.7 Å². The van der Waals surface area contributed by atoms with Crippen LogP contribution in [0, 0.1) is 0 Å². The van der Waals surface area contributed by atoms with Crippen LogP contribution in [0.1, 0.15) is 32.3 Å². The number of nitrogens with zero attached hydrogens (tertiary/aromatic N) is 2. The second kappa shape index (κ2) is 14.7. The fourth-order valence-electron chi connectivity index (χ4n) is 4.17. The van der Waals surface area contributed by atoms with Gasteiger partial charge < -0.3 is 15.0 Å². The Morgan fingerprint density at radius 2 is 1.65 bits per heavy atom. The van der Waals surface area contributed by atoms with Crippen LogP contribution in [0.4, 0.5) is 5.69 Å². The van der Waals surface area contributed by atoms with Gasteiger partial charge >= 0.3 is 0 Å². The lowest BCUT2D eigenvalue weighted by Gasteiger charge is -2.32. The first-order valence-electron chi connectivity index (χ1n) is 13.2. The van der Waals surface area contributed by atoms with Crippen molar-refractivity contribution in [2.45, 2.75) is 44.0 Å². The Balaban J connectivity index is 1.97. The molecule has 10 heteroatoms. The molecule has 214 valence electrons. The topological polar surface area (TPSA) is 96.0 Å². The molecule has 1 N–H and O–H groups in total. The van der Waals surface area contributed by atoms with E-state index in [-0.39, 0.29) is 28.1 Å². The number of hydrogen-bond donors (Lipinski definition) is 1. The summed E-state index contributed by atoms with van der Waals surface area (Å²) in [5.74, 6) is -0.434. The summed E-state index contributed by atoms with van der Waals surface area (Å²) in [4.78, 5) is 28.3. The molecule has 3 rings (SSSR count). The minimum Gasteiger partial charge on any atom is -0.495 e. The van der Waals surface area contributed by atoms with E-state index in [1.54, 1.807) is 31.2 Å². The van der Waals surface area contributed by atoms with Gasteiger partial charge in [-0.1, -0.05) is 73.5 Å². The molecule has 0 heterocycles. The summed E-state index contributed by atoms with van der Waals surface area (Å²) in [6, 6.07) is 21.2. The van der Waals surface area contributed by atoms with Crippen molar-refractivity contribution in [2.24, 2.45) is 0 Å². The zero-order valence-electron chi connectivity index (χ0n) is 23.0. The van der Waals surface area contributed by atoms with E-state index in [2.05, 4.69) is 5.32 Å². The maximum Gasteiger partial charge on any atom is 0.264 e. The predicted octanol–water partition coefficient (Wildman–Crippen LogP) is 4.92. The molecule has 0 bridgehead atoms. The maximum absolute atomic E-state index is 13.9. The van der Waals surface area contributed by atoms with Crippen LogP contribution >= 0.6 is 11.6 Å². The lowest BCUT2D eigenvalue weighted by Crippen LogP contribution is -2.52. The summed E-state index contributed by atoms with van der Waals surface area (Å²) in [7, 11) is -2.71. The number of unbranched alkanes of at least 4 members (excludes halogenated alkanes) is 1. The van der Waals surface area contributed by atoms with Gasteiger partial charge in [0.1, 0.15) is 18.3 Å². The van der Waals surface area contributed by atoms with Crippen molar-refractivity contribution in [3.63, 3.8) is 0 Å². The van der Waals surface area contributed by atoms with E-state index in [0.29, 0.717) is 18.7 Å². The second-order valence-electron chi connectivity index (χ2n) is 9.29. The second-order valence-corrected chi connectivity index (χ2v) is 11.6. The molecule has 0 radical (unpaired) electrons. The summed E-state index contributed by atoms with van der Waals surface area (Å²) in [6.07, 6.45) is 2.23. The zero-order valence-corrected chi connectivity index (χ0v) is 24.6. The largest absolute Gasteiger partial charge is 0.495 e. The van der Waals surface area contributed by atoms with E-state index in [4.69, 9.17) is 16.3 Å². The Labute approximate surface area is 241 Å². The van der Waals surface area contributed by atoms with Crippen LogP contribution in [0.2, 0.25) is 5.02 Å². The molecule has 0 unspecified atom stereocenters. The molecular weight excluding hydrogens is 550 g/mol. The molecule has 1 atom stereocenters. The molecule has 0 aliphatic rings. The van der Waals surface area contributed by atoms with Gasteiger partial charge in [-0.3, -0.25) is 13.9 Å². The van der Waals surface area contributed by atoms with Crippen molar-refractivity contribution in [2.75, 3.05) is 31.0 Å². The van der Waals surface area contributed by atoms with Crippen molar-refractivity contribution in [1.82, 2.24) is 10.2 Å². The standard InChI is InChI=1S/C30H36ClN3O5S/c1-4-5-19-32-30(36)23(2)33(20-18-24-12-8-6-9-13-24)29(35)22-34(25-16-17-28(39-3)27(31)21-25)40(37,38)26-14-10-7-11-15-26/h6-17,21,23H,4-5,18-20,22H2,1-3H3,(H,32,36)/t23-/m1/s1. The van der Waals surface area contributed by atoms with Crippen molar-refractivity contribution < 1.29 is 22.7 Å². The highest BCUT2D eigenvalue weighted by molar-refractivity contribution is 7.92. The SMILES string of the molecule is CCCCNC(=O)[C@@H](C)N(CCc1ccccc1)C(=O)CN(c1ccc(OC)c(Cl)c1)S(=O)(=O)c1ccccc1. The van der Waals surface area contributed by atoms with E-state index < -0.39 is 28.5 Å². The number of sulfonamides is 1. The van der Waals surface area contributed by atoms with Gasteiger partial charge in [0.2, 0.25) is 11.8 Å². The number of carbonyl (C=O) groups is 2. The number of anilines is 1. The van der Waals surface area contributed by atoms with Crippen molar-refractivity contribution >= 4 is 39.1 Å². The van der Waals surface area contributed by atoms with Gasteiger partial charge in [0.25, 0.3) is 10.0 Å². The summed E-state index contributed by atoms with van der Waals surface area (Å²) in [5, 5.41) is 3.08. The number of ether oxygens (including phenoxy) is 1. The Morgan fingerprint density at radius 3 is 2.25 bits per heavy atom.